The molecule has 6 nitrogen and oxygen atoms in total. The fourth-order valence-corrected chi connectivity index (χ4v) is 1.99. The van der Waals surface area contributed by atoms with E-state index in [1.165, 1.54) is 12.1 Å². The van der Waals surface area contributed by atoms with Gasteiger partial charge in [0.25, 0.3) is 0 Å². The summed E-state index contributed by atoms with van der Waals surface area (Å²) in [5.74, 6) is -0.451. The first-order chi connectivity index (χ1) is 11.3. The van der Waals surface area contributed by atoms with Gasteiger partial charge in [0.2, 0.25) is 5.89 Å². The summed E-state index contributed by atoms with van der Waals surface area (Å²) in [7, 11) is 0. The lowest BCUT2D eigenvalue weighted by atomic mass is 10.2. The standard InChI is InChI=1S/C15H17F3N2O4/c1-2-4-13-19-20(14(22)24-13)8-11(21)9-23-12-6-3-5-10(7-12)15(16,17)18/h3,5-7,11,21H,2,4,8-9H2,1H3. The molecule has 1 N–H and O–H groups in total. The molecule has 0 spiro atoms. The van der Waals surface area contributed by atoms with E-state index in [-0.39, 0.29) is 24.8 Å². The summed E-state index contributed by atoms with van der Waals surface area (Å²) in [5, 5.41) is 13.8. The Kier molecular flexibility index (Phi) is 5.66. The van der Waals surface area contributed by atoms with E-state index in [9.17, 15) is 23.1 Å². The van der Waals surface area contributed by atoms with E-state index in [1.807, 2.05) is 6.92 Å². The van der Waals surface area contributed by atoms with Gasteiger partial charge in [-0.15, -0.1) is 5.10 Å². The molecule has 24 heavy (non-hydrogen) atoms. The Morgan fingerprint density at radius 3 is 2.83 bits per heavy atom. The number of halogens is 3. The number of rotatable bonds is 7. The molecule has 2 aromatic rings. The first-order valence-electron chi connectivity index (χ1n) is 7.34. The Morgan fingerprint density at radius 2 is 2.17 bits per heavy atom. The minimum absolute atomic E-state index is 0.0250. The smallest absolute Gasteiger partial charge is 0.437 e. The maximum absolute atomic E-state index is 12.6. The lowest BCUT2D eigenvalue weighted by Crippen LogP contribution is -2.29. The summed E-state index contributed by atoms with van der Waals surface area (Å²) in [6.45, 7) is 1.44. The summed E-state index contributed by atoms with van der Waals surface area (Å²) in [4.78, 5) is 11.5. The van der Waals surface area contributed by atoms with Crippen LogP contribution in [-0.2, 0) is 19.1 Å². The average molecular weight is 346 g/mol. The van der Waals surface area contributed by atoms with Crippen LogP contribution in [0, 0.1) is 0 Å². The molecule has 1 unspecified atom stereocenters. The second-order valence-corrected chi connectivity index (χ2v) is 5.18. The maximum Gasteiger partial charge on any atom is 0.437 e. The largest absolute Gasteiger partial charge is 0.491 e. The fourth-order valence-electron chi connectivity index (χ4n) is 1.99. The van der Waals surface area contributed by atoms with Crippen LogP contribution in [-0.4, -0.2) is 27.6 Å². The third-order valence-corrected chi connectivity index (χ3v) is 3.10. The molecule has 0 aliphatic heterocycles. The molecule has 1 aromatic carbocycles. The van der Waals surface area contributed by atoms with Crippen LogP contribution in [0.3, 0.4) is 0 Å². The van der Waals surface area contributed by atoms with Crippen molar-refractivity contribution in [1.29, 1.82) is 0 Å². The number of nitrogens with zero attached hydrogens (tertiary/aromatic N) is 2. The Labute approximate surface area is 135 Å². The van der Waals surface area contributed by atoms with E-state index in [4.69, 9.17) is 9.15 Å². The Balaban J connectivity index is 1.94. The van der Waals surface area contributed by atoms with Crippen molar-refractivity contribution >= 4 is 0 Å². The molecule has 0 saturated carbocycles. The summed E-state index contributed by atoms with van der Waals surface area (Å²) in [5.41, 5.74) is -0.841. The van der Waals surface area contributed by atoms with Gasteiger partial charge >= 0.3 is 11.9 Å². The molecule has 1 aromatic heterocycles. The fraction of sp³-hybridized carbons (Fsp3) is 0.467. The van der Waals surface area contributed by atoms with Crippen LogP contribution in [0.1, 0.15) is 24.8 Å². The van der Waals surface area contributed by atoms with Crippen molar-refractivity contribution in [1.82, 2.24) is 9.78 Å². The predicted molar refractivity (Wildman–Crippen MR) is 77.7 cm³/mol. The highest BCUT2D eigenvalue weighted by Crippen LogP contribution is 2.31. The van der Waals surface area contributed by atoms with Gasteiger partial charge in [-0.3, -0.25) is 0 Å². The predicted octanol–water partition coefficient (Wildman–Crippen LogP) is 2.25. The number of benzene rings is 1. The zero-order chi connectivity index (χ0) is 17.7. The van der Waals surface area contributed by atoms with Gasteiger partial charge in [-0.1, -0.05) is 13.0 Å². The number of hydrogen-bond acceptors (Lipinski definition) is 5. The molecule has 0 aliphatic rings. The zero-order valence-corrected chi connectivity index (χ0v) is 12.9. The van der Waals surface area contributed by atoms with Gasteiger partial charge in [0.05, 0.1) is 12.1 Å². The summed E-state index contributed by atoms with van der Waals surface area (Å²) < 4.78 is 48.8. The van der Waals surface area contributed by atoms with E-state index in [2.05, 4.69) is 5.10 Å². The van der Waals surface area contributed by atoms with Crippen LogP contribution in [0.2, 0.25) is 0 Å². The number of aryl methyl sites for hydroxylation is 1. The second-order valence-electron chi connectivity index (χ2n) is 5.18. The monoisotopic (exact) mass is 346 g/mol. The molecule has 0 aliphatic carbocycles. The molecular weight excluding hydrogens is 329 g/mol. The quantitative estimate of drug-likeness (QED) is 0.832. The van der Waals surface area contributed by atoms with Gasteiger partial charge in [0.1, 0.15) is 18.5 Å². The van der Waals surface area contributed by atoms with Crippen LogP contribution in [0.15, 0.2) is 33.5 Å². The molecule has 9 heteroatoms. The molecule has 0 bridgehead atoms. The normalized spacial score (nSPS) is 13.0. The molecule has 0 saturated heterocycles. The maximum atomic E-state index is 12.6. The molecule has 132 valence electrons. The molecule has 1 atom stereocenters. The third-order valence-electron chi connectivity index (χ3n) is 3.10. The van der Waals surface area contributed by atoms with Crippen molar-refractivity contribution in [3.05, 3.63) is 46.3 Å². The lowest BCUT2D eigenvalue weighted by molar-refractivity contribution is -0.137. The zero-order valence-electron chi connectivity index (χ0n) is 12.9. The van der Waals surface area contributed by atoms with E-state index in [0.717, 1.165) is 23.2 Å². The molecular formula is C15H17F3N2O4. The Morgan fingerprint density at radius 1 is 1.42 bits per heavy atom. The van der Waals surface area contributed by atoms with Crippen molar-refractivity contribution in [2.75, 3.05) is 6.61 Å². The van der Waals surface area contributed by atoms with E-state index in [0.29, 0.717) is 6.42 Å². The first kappa shape index (κ1) is 18.1. The van der Waals surface area contributed by atoms with Gasteiger partial charge in [-0.2, -0.15) is 17.9 Å². The van der Waals surface area contributed by atoms with Crippen LogP contribution in [0.5, 0.6) is 5.75 Å². The number of aliphatic hydroxyl groups excluding tert-OH is 1. The SMILES string of the molecule is CCCc1nn(CC(O)COc2cccc(C(F)(F)F)c2)c(=O)o1. The number of aliphatic hydroxyl groups is 1. The Hall–Kier alpha value is -2.29. The molecule has 0 amide bonds. The highest BCUT2D eigenvalue weighted by molar-refractivity contribution is 5.30. The van der Waals surface area contributed by atoms with Gasteiger partial charge < -0.3 is 14.3 Å². The first-order valence-corrected chi connectivity index (χ1v) is 7.34. The summed E-state index contributed by atoms with van der Waals surface area (Å²) >= 11 is 0. The van der Waals surface area contributed by atoms with Crippen molar-refractivity contribution in [3.63, 3.8) is 0 Å². The number of ether oxygens (including phenoxy) is 1. The van der Waals surface area contributed by atoms with Crippen molar-refractivity contribution in [3.8, 4) is 5.75 Å². The second kappa shape index (κ2) is 7.52. The Bertz CT molecular complexity index is 724. The van der Waals surface area contributed by atoms with Crippen LogP contribution in [0.4, 0.5) is 13.2 Å². The van der Waals surface area contributed by atoms with Crippen molar-refractivity contribution in [2.24, 2.45) is 0 Å². The van der Waals surface area contributed by atoms with Crippen molar-refractivity contribution in [2.45, 2.75) is 38.6 Å². The topological polar surface area (TPSA) is 77.5 Å². The molecule has 2 rings (SSSR count). The van der Waals surface area contributed by atoms with Crippen LogP contribution >= 0.6 is 0 Å². The summed E-state index contributed by atoms with van der Waals surface area (Å²) in [6, 6.07) is 4.33. The van der Waals surface area contributed by atoms with Crippen LogP contribution in [0.25, 0.3) is 0 Å². The minimum Gasteiger partial charge on any atom is -0.491 e. The number of alkyl halides is 3. The van der Waals surface area contributed by atoms with Crippen LogP contribution < -0.4 is 10.5 Å². The van der Waals surface area contributed by atoms with E-state index < -0.39 is 23.6 Å². The lowest BCUT2D eigenvalue weighted by Gasteiger charge is -2.13. The molecule has 1 heterocycles. The van der Waals surface area contributed by atoms with Gasteiger partial charge in [-0.25, -0.2) is 4.79 Å². The van der Waals surface area contributed by atoms with Crippen molar-refractivity contribution < 1.29 is 27.4 Å². The average Bonchev–Trinajstić information content (AvgIpc) is 2.85. The highest BCUT2D eigenvalue weighted by atomic mass is 19.4. The number of hydrogen-bond donors (Lipinski definition) is 1. The minimum atomic E-state index is -4.47. The third kappa shape index (κ3) is 4.85. The number of aromatic nitrogens is 2. The summed E-state index contributed by atoms with van der Waals surface area (Å²) in [6.07, 6.45) is -4.35. The van der Waals surface area contributed by atoms with Gasteiger partial charge in [0, 0.05) is 6.42 Å². The highest BCUT2D eigenvalue weighted by Gasteiger charge is 2.30. The van der Waals surface area contributed by atoms with Gasteiger partial charge in [0.15, 0.2) is 0 Å². The molecule has 0 fully saturated rings. The molecule has 0 radical (unpaired) electrons. The van der Waals surface area contributed by atoms with E-state index >= 15 is 0 Å². The van der Waals surface area contributed by atoms with Gasteiger partial charge in [-0.05, 0) is 24.6 Å². The van der Waals surface area contributed by atoms with E-state index in [1.54, 1.807) is 0 Å².